The monoisotopic (exact) mass is 345 g/mol. The molecule has 1 aromatic carbocycles. The SMILES string of the molecule is Cc1cc(N)nc(S[C@H](C)c2nc(Cc3ccc(F)cc3)no2)n1. The number of aryl methyl sites for hydroxylation is 1. The molecule has 0 spiro atoms. The van der Waals surface area contributed by atoms with E-state index in [1.54, 1.807) is 18.2 Å². The van der Waals surface area contributed by atoms with Gasteiger partial charge >= 0.3 is 0 Å². The van der Waals surface area contributed by atoms with E-state index in [0.29, 0.717) is 29.1 Å². The number of aromatic nitrogens is 4. The van der Waals surface area contributed by atoms with E-state index in [2.05, 4.69) is 20.1 Å². The van der Waals surface area contributed by atoms with Crippen LogP contribution in [0, 0.1) is 12.7 Å². The number of halogens is 1. The molecule has 0 saturated carbocycles. The molecule has 2 heterocycles. The number of anilines is 1. The molecule has 6 nitrogen and oxygen atoms in total. The summed E-state index contributed by atoms with van der Waals surface area (Å²) in [6.07, 6.45) is 0.481. The maximum atomic E-state index is 12.9. The maximum absolute atomic E-state index is 12.9. The van der Waals surface area contributed by atoms with Crippen LogP contribution in [0.2, 0.25) is 0 Å². The molecule has 0 aliphatic carbocycles. The van der Waals surface area contributed by atoms with Crippen molar-refractivity contribution in [1.29, 1.82) is 0 Å². The Morgan fingerprint density at radius 1 is 1.21 bits per heavy atom. The highest BCUT2D eigenvalue weighted by atomic mass is 32.2. The molecule has 3 rings (SSSR count). The van der Waals surface area contributed by atoms with E-state index in [4.69, 9.17) is 10.3 Å². The molecule has 0 fully saturated rings. The van der Waals surface area contributed by atoms with Crippen LogP contribution in [-0.2, 0) is 6.42 Å². The minimum atomic E-state index is -0.269. The van der Waals surface area contributed by atoms with Gasteiger partial charge in [0.05, 0.1) is 5.25 Å². The Morgan fingerprint density at radius 2 is 1.96 bits per heavy atom. The van der Waals surface area contributed by atoms with E-state index in [0.717, 1.165) is 11.3 Å². The minimum Gasteiger partial charge on any atom is -0.384 e. The second kappa shape index (κ2) is 6.96. The van der Waals surface area contributed by atoms with Crippen LogP contribution < -0.4 is 5.73 Å². The molecule has 3 aromatic rings. The number of thioether (sulfide) groups is 1. The first-order chi connectivity index (χ1) is 11.5. The second-order valence-corrected chi connectivity index (χ2v) is 6.64. The van der Waals surface area contributed by atoms with Gasteiger partial charge in [0.25, 0.3) is 0 Å². The molecule has 2 N–H and O–H groups in total. The molecule has 0 aliphatic rings. The van der Waals surface area contributed by atoms with E-state index in [9.17, 15) is 4.39 Å². The number of hydrogen-bond acceptors (Lipinski definition) is 7. The van der Waals surface area contributed by atoms with Crippen molar-refractivity contribution < 1.29 is 8.91 Å². The van der Waals surface area contributed by atoms with Crippen LogP contribution in [0.3, 0.4) is 0 Å². The number of hydrogen-bond donors (Lipinski definition) is 1. The Morgan fingerprint density at radius 3 is 2.67 bits per heavy atom. The zero-order valence-electron chi connectivity index (χ0n) is 13.2. The fraction of sp³-hybridized carbons (Fsp3) is 0.250. The van der Waals surface area contributed by atoms with Gasteiger partial charge in [-0.15, -0.1) is 0 Å². The van der Waals surface area contributed by atoms with Crippen molar-refractivity contribution in [3.63, 3.8) is 0 Å². The summed E-state index contributed by atoms with van der Waals surface area (Å²) in [6, 6.07) is 7.94. The van der Waals surface area contributed by atoms with Gasteiger partial charge in [0.1, 0.15) is 11.6 Å². The third-order valence-corrected chi connectivity index (χ3v) is 4.19. The van der Waals surface area contributed by atoms with Gasteiger partial charge in [0, 0.05) is 18.2 Å². The molecule has 0 aliphatic heterocycles. The van der Waals surface area contributed by atoms with Crippen molar-refractivity contribution in [2.45, 2.75) is 30.7 Å². The Labute approximate surface area is 142 Å². The van der Waals surface area contributed by atoms with Gasteiger partial charge in [-0.05, 0) is 31.5 Å². The summed E-state index contributed by atoms with van der Waals surface area (Å²) in [5.74, 6) is 1.20. The lowest BCUT2D eigenvalue weighted by Crippen LogP contribution is -1.98. The summed E-state index contributed by atoms with van der Waals surface area (Å²) in [5, 5.41) is 4.43. The van der Waals surface area contributed by atoms with Gasteiger partial charge < -0.3 is 10.3 Å². The lowest BCUT2D eigenvalue weighted by atomic mass is 10.1. The van der Waals surface area contributed by atoms with E-state index in [1.165, 1.54) is 23.9 Å². The highest BCUT2D eigenvalue weighted by Gasteiger charge is 2.17. The van der Waals surface area contributed by atoms with Crippen molar-refractivity contribution in [3.8, 4) is 0 Å². The smallest absolute Gasteiger partial charge is 0.239 e. The fourth-order valence-corrected chi connectivity index (χ4v) is 2.98. The molecule has 0 amide bonds. The lowest BCUT2D eigenvalue weighted by Gasteiger charge is -2.06. The van der Waals surface area contributed by atoms with Crippen molar-refractivity contribution >= 4 is 17.6 Å². The molecule has 1 atom stereocenters. The summed E-state index contributed by atoms with van der Waals surface area (Å²) in [7, 11) is 0. The summed E-state index contributed by atoms with van der Waals surface area (Å²) < 4.78 is 18.2. The largest absolute Gasteiger partial charge is 0.384 e. The van der Waals surface area contributed by atoms with Gasteiger partial charge in [0.15, 0.2) is 11.0 Å². The van der Waals surface area contributed by atoms with Crippen LogP contribution in [0.4, 0.5) is 10.2 Å². The Kier molecular flexibility index (Phi) is 4.75. The standard InChI is InChI=1S/C16H16FN5OS/c1-9-7-13(18)20-16(19-9)24-10(2)15-21-14(22-23-15)8-11-3-5-12(17)6-4-11/h3-7,10H,8H2,1-2H3,(H2,18,19,20)/t10-/m1/s1. The first-order valence-corrected chi connectivity index (χ1v) is 8.22. The molecular formula is C16H16FN5OS. The first-order valence-electron chi connectivity index (χ1n) is 7.34. The molecule has 124 valence electrons. The molecule has 24 heavy (non-hydrogen) atoms. The predicted molar refractivity (Wildman–Crippen MR) is 89.0 cm³/mol. The molecule has 0 bridgehead atoms. The second-order valence-electron chi connectivity index (χ2n) is 5.33. The van der Waals surface area contributed by atoms with E-state index < -0.39 is 0 Å². The third kappa shape index (κ3) is 4.08. The van der Waals surface area contributed by atoms with Crippen molar-refractivity contribution in [2.24, 2.45) is 0 Å². The summed E-state index contributed by atoms with van der Waals surface area (Å²) in [5.41, 5.74) is 7.45. The Hall–Kier alpha value is -2.48. The summed E-state index contributed by atoms with van der Waals surface area (Å²) in [4.78, 5) is 12.9. The van der Waals surface area contributed by atoms with Gasteiger partial charge in [0.2, 0.25) is 5.89 Å². The van der Waals surface area contributed by atoms with Crippen molar-refractivity contribution in [3.05, 3.63) is 59.1 Å². The highest BCUT2D eigenvalue weighted by molar-refractivity contribution is 7.99. The molecule has 0 saturated heterocycles. The number of benzene rings is 1. The number of rotatable bonds is 5. The summed E-state index contributed by atoms with van der Waals surface area (Å²) >= 11 is 1.40. The van der Waals surface area contributed by atoms with Gasteiger partial charge in [-0.1, -0.05) is 29.1 Å². The molecule has 0 radical (unpaired) electrons. The number of nitrogen functional groups attached to an aromatic ring is 1. The van der Waals surface area contributed by atoms with Crippen LogP contribution in [-0.4, -0.2) is 20.1 Å². The fourth-order valence-electron chi connectivity index (χ4n) is 2.12. The van der Waals surface area contributed by atoms with E-state index >= 15 is 0 Å². The zero-order valence-corrected chi connectivity index (χ0v) is 14.0. The number of nitrogens with zero attached hydrogens (tertiary/aromatic N) is 4. The van der Waals surface area contributed by atoms with Gasteiger partial charge in [-0.2, -0.15) is 4.98 Å². The van der Waals surface area contributed by atoms with Crippen LogP contribution in [0.5, 0.6) is 0 Å². The van der Waals surface area contributed by atoms with Crippen molar-refractivity contribution in [2.75, 3.05) is 5.73 Å². The molecule has 2 aromatic heterocycles. The highest BCUT2D eigenvalue weighted by Crippen LogP contribution is 2.32. The van der Waals surface area contributed by atoms with Gasteiger partial charge in [-0.3, -0.25) is 0 Å². The van der Waals surface area contributed by atoms with Crippen LogP contribution in [0.25, 0.3) is 0 Å². The zero-order chi connectivity index (χ0) is 17.1. The van der Waals surface area contributed by atoms with Crippen LogP contribution >= 0.6 is 11.8 Å². The quantitative estimate of drug-likeness (QED) is 0.560. The molecular weight excluding hydrogens is 329 g/mol. The molecule has 0 unspecified atom stereocenters. The van der Waals surface area contributed by atoms with Crippen LogP contribution in [0.1, 0.15) is 35.1 Å². The summed E-state index contributed by atoms with van der Waals surface area (Å²) in [6.45, 7) is 3.79. The normalized spacial score (nSPS) is 12.3. The number of nitrogens with two attached hydrogens (primary N) is 1. The van der Waals surface area contributed by atoms with E-state index in [-0.39, 0.29) is 11.1 Å². The molecule has 8 heteroatoms. The first kappa shape index (κ1) is 16.4. The average molecular weight is 345 g/mol. The predicted octanol–water partition coefficient (Wildman–Crippen LogP) is 3.33. The minimum absolute atomic E-state index is 0.110. The lowest BCUT2D eigenvalue weighted by molar-refractivity contribution is 0.375. The van der Waals surface area contributed by atoms with Crippen molar-refractivity contribution in [1.82, 2.24) is 20.1 Å². The van der Waals surface area contributed by atoms with Gasteiger partial charge in [-0.25, -0.2) is 14.4 Å². The average Bonchev–Trinajstić information content (AvgIpc) is 2.97. The van der Waals surface area contributed by atoms with E-state index in [1.807, 2.05) is 13.8 Å². The third-order valence-electron chi connectivity index (χ3n) is 3.24. The van der Waals surface area contributed by atoms with Crippen LogP contribution in [0.15, 0.2) is 40.0 Å². The Bertz CT molecular complexity index is 816. The Balaban J connectivity index is 1.69. The maximum Gasteiger partial charge on any atom is 0.239 e. The topological polar surface area (TPSA) is 90.7 Å².